The van der Waals surface area contributed by atoms with Gasteiger partial charge in [-0.25, -0.2) is 0 Å². The maximum atomic E-state index is 12.6. The number of carbonyl (C=O) groups is 2. The summed E-state index contributed by atoms with van der Waals surface area (Å²) in [5, 5.41) is 1.99. The number of amides is 2. The van der Waals surface area contributed by atoms with Gasteiger partial charge in [0.2, 0.25) is 5.91 Å². The molecule has 1 saturated heterocycles. The number of carbonyl (C=O) groups excluding carboxylic acids is 2. The minimum atomic E-state index is 0.0313. The van der Waals surface area contributed by atoms with Gasteiger partial charge in [-0.05, 0) is 36.1 Å². The van der Waals surface area contributed by atoms with Crippen LogP contribution in [0.5, 0.6) is 0 Å². The van der Waals surface area contributed by atoms with E-state index in [2.05, 4.69) is 15.9 Å². The fourth-order valence-corrected chi connectivity index (χ4v) is 3.94. The smallest absolute Gasteiger partial charge is 0.253 e. The second kappa shape index (κ2) is 7.94. The average molecular weight is 407 g/mol. The quantitative estimate of drug-likeness (QED) is 0.783. The van der Waals surface area contributed by atoms with Crippen molar-refractivity contribution in [2.24, 2.45) is 0 Å². The van der Waals surface area contributed by atoms with E-state index in [1.165, 1.54) is 0 Å². The van der Waals surface area contributed by atoms with Crippen molar-refractivity contribution in [2.75, 3.05) is 26.2 Å². The summed E-state index contributed by atoms with van der Waals surface area (Å²) in [5.74, 6) is 0.179. The van der Waals surface area contributed by atoms with Gasteiger partial charge >= 0.3 is 0 Å². The largest absolute Gasteiger partial charge is 0.341 e. The lowest BCUT2D eigenvalue weighted by Crippen LogP contribution is -2.37. The Labute approximate surface area is 154 Å². The van der Waals surface area contributed by atoms with E-state index in [1.54, 1.807) is 11.3 Å². The Balaban J connectivity index is 1.60. The third-order valence-corrected chi connectivity index (χ3v) is 5.48. The van der Waals surface area contributed by atoms with E-state index < -0.39 is 0 Å². The van der Waals surface area contributed by atoms with Crippen LogP contribution in [-0.4, -0.2) is 47.8 Å². The topological polar surface area (TPSA) is 40.6 Å². The number of rotatable bonds is 3. The van der Waals surface area contributed by atoms with Crippen molar-refractivity contribution in [1.29, 1.82) is 0 Å². The van der Waals surface area contributed by atoms with Gasteiger partial charge in [0, 0.05) is 41.1 Å². The van der Waals surface area contributed by atoms with Crippen molar-refractivity contribution in [3.63, 3.8) is 0 Å². The Morgan fingerprint density at radius 2 is 1.83 bits per heavy atom. The highest BCUT2D eigenvalue weighted by Gasteiger charge is 2.23. The second-order valence-electron chi connectivity index (χ2n) is 5.79. The van der Waals surface area contributed by atoms with E-state index in [4.69, 9.17) is 0 Å². The lowest BCUT2D eigenvalue weighted by atomic mass is 10.2. The highest BCUT2D eigenvalue weighted by Crippen LogP contribution is 2.16. The Bertz CT molecular complexity index is 718. The minimum Gasteiger partial charge on any atom is -0.341 e. The van der Waals surface area contributed by atoms with Gasteiger partial charge in [-0.1, -0.05) is 28.1 Å². The van der Waals surface area contributed by atoms with E-state index in [0.29, 0.717) is 38.2 Å². The summed E-state index contributed by atoms with van der Waals surface area (Å²) in [5.41, 5.74) is 0.683. The normalized spacial score (nSPS) is 15.2. The predicted molar refractivity (Wildman–Crippen MR) is 99.3 cm³/mol. The zero-order valence-corrected chi connectivity index (χ0v) is 15.7. The first-order chi connectivity index (χ1) is 11.6. The highest BCUT2D eigenvalue weighted by molar-refractivity contribution is 9.10. The molecule has 1 fully saturated rings. The van der Waals surface area contributed by atoms with Crippen molar-refractivity contribution < 1.29 is 9.59 Å². The summed E-state index contributed by atoms with van der Waals surface area (Å²) in [4.78, 5) is 29.9. The zero-order chi connectivity index (χ0) is 16.9. The number of nitrogens with zero attached hydrogens (tertiary/aromatic N) is 2. The molecule has 1 aromatic heterocycles. The molecule has 1 aliphatic rings. The summed E-state index contributed by atoms with van der Waals surface area (Å²) in [6, 6.07) is 11.4. The van der Waals surface area contributed by atoms with Crippen LogP contribution in [0.1, 0.15) is 21.7 Å². The van der Waals surface area contributed by atoms with Crippen molar-refractivity contribution in [3.8, 4) is 0 Å². The lowest BCUT2D eigenvalue weighted by Gasteiger charge is -2.22. The molecule has 0 radical (unpaired) electrons. The van der Waals surface area contributed by atoms with Crippen LogP contribution in [0, 0.1) is 0 Å². The molecule has 1 aromatic carbocycles. The van der Waals surface area contributed by atoms with Gasteiger partial charge in [0.05, 0.1) is 6.42 Å². The third kappa shape index (κ3) is 4.24. The van der Waals surface area contributed by atoms with Crippen LogP contribution in [0.3, 0.4) is 0 Å². The van der Waals surface area contributed by atoms with Gasteiger partial charge in [0.25, 0.3) is 5.91 Å². The van der Waals surface area contributed by atoms with Gasteiger partial charge < -0.3 is 9.80 Å². The van der Waals surface area contributed by atoms with Gasteiger partial charge in [-0.2, -0.15) is 0 Å². The van der Waals surface area contributed by atoms with Crippen LogP contribution in [-0.2, 0) is 11.2 Å². The van der Waals surface area contributed by atoms with Crippen LogP contribution in [0.4, 0.5) is 0 Å². The fourth-order valence-electron chi connectivity index (χ4n) is 2.85. The van der Waals surface area contributed by atoms with E-state index in [9.17, 15) is 9.59 Å². The molecular weight excluding hydrogens is 388 g/mol. The highest BCUT2D eigenvalue weighted by atomic mass is 79.9. The number of benzene rings is 1. The monoisotopic (exact) mass is 406 g/mol. The van der Waals surface area contributed by atoms with E-state index in [0.717, 1.165) is 15.8 Å². The zero-order valence-electron chi connectivity index (χ0n) is 13.3. The predicted octanol–water partition coefficient (Wildman–Crippen LogP) is 3.43. The molecule has 0 spiro atoms. The lowest BCUT2D eigenvalue weighted by molar-refractivity contribution is -0.130. The number of thiophene rings is 1. The van der Waals surface area contributed by atoms with E-state index in [-0.39, 0.29) is 11.8 Å². The van der Waals surface area contributed by atoms with Crippen LogP contribution in [0.2, 0.25) is 0 Å². The molecule has 126 valence electrons. The number of halogens is 1. The maximum Gasteiger partial charge on any atom is 0.253 e. The molecule has 6 heteroatoms. The maximum absolute atomic E-state index is 12.6. The summed E-state index contributed by atoms with van der Waals surface area (Å²) >= 11 is 5.01. The standard InChI is InChI=1S/C18H19BrN2O2S/c19-15-5-1-4-14(12-15)18(23)21-8-3-7-20(9-10-21)17(22)13-16-6-2-11-24-16/h1-2,4-6,11-12H,3,7-10,13H2. The molecule has 0 saturated carbocycles. The number of hydrogen-bond donors (Lipinski definition) is 0. The fraction of sp³-hybridized carbons (Fsp3) is 0.333. The molecule has 2 heterocycles. The van der Waals surface area contributed by atoms with Crippen LogP contribution in [0.25, 0.3) is 0 Å². The molecule has 24 heavy (non-hydrogen) atoms. The SMILES string of the molecule is O=C(Cc1cccs1)N1CCCN(C(=O)c2cccc(Br)c2)CC1. The first-order valence-electron chi connectivity index (χ1n) is 7.98. The Morgan fingerprint density at radius 3 is 2.58 bits per heavy atom. The Hall–Kier alpha value is -1.66. The van der Waals surface area contributed by atoms with Crippen molar-refractivity contribution >= 4 is 39.1 Å². The van der Waals surface area contributed by atoms with Gasteiger partial charge in [0.15, 0.2) is 0 Å². The Morgan fingerprint density at radius 1 is 1.04 bits per heavy atom. The molecule has 2 amide bonds. The average Bonchev–Trinajstić information content (AvgIpc) is 2.95. The molecule has 4 nitrogen and oxygen atoms in total. The molecule has 0 N–H and O–H groups in total. The van der Waals surface area contributed by atoms with Crippen molar-refractivity contribution in [1.82, 2.24) is 9.80 Å². The van der Waals surface area contributed by atoms with Crippen LogP contribution < -0.4 is 0 Å². The Kier molecular flexibility index (Phi) is 5.68. The molecule has 0 aliphatic carbocycles. The molecule has 0 bridgehead atoms. The molecule has 2 aromatic rings. The summed E-state index contributed by atoms with van der Waals surface area (Å²) in [7, 11) is 0. The summed E-state index contributed by atoms with van der Waals surface area (Å²) in [6.45, 7) is 2.59. The second-order valence-corrected chi connectivity index (χ2v) is 7.74. The molecule has 3 rings (SSSR count). The van der Waals surface area contributed by atoms with Crippen molar-refractivity contribution in [3.05, 3.63) is 56.7 Å². The third-order valence-electron chi connectivity index (χ3n) is 4.11. The van der Waals surface area contributed by atoms with Gasteiger partial charge in [-0.15, -0.1) is 11.3 Å². The van der Waals surface area contributed by atoms with Crippen LogP contribution in [0.15, 0.2) is 46.3 Å². The van der Waals surface area contributed by atoms with E-state index in [1.807, 2.05) is 51.6 Å². The molecule has 1 aliphatic heterocycles. The molecule has 0 atom stereocenters. The molecule has 0 unspecified atom stereocenters. The van der Waals surface area contributed by atoms with Crippen LogP contribution >= 0.6 is 27.3 Å². The first-order valence-corrected chi connectivity index (χ1v) is 9.66. The van der Waals surface area contributed by atoms with Gasteiger partial charge in [0.1, 0.15) is 0 Å². The van der Waals surface area contributed by atoms with Gasteiger partial charge in [-0.3, -0.25) is 9.59 Å². The molecular formula is C18H19BrN2O2S. The summed E-state index contributed by atoms with van der Waals surface area (Å²) < 4.78 is 0.899. The minimum absolute atomic E-state index is 0.0313. The number of hydrogen-bond acceptors (Lipinski definition) is 3. The summed E-state index contributed by atoms with van der Waals surface area (Å²) in [6.07, 6.45) is 1.27. The first kappa shape index (κ1) is 17.2. The van der Waals surface area contributed by atoms with Crippen molar-refractivity contribution in [2.45, 2.75) is 12.8 Å². The van der Waals surface area contributed by atoms with E-state index >= 15 is 0 Å².